The van der Waals surface area contributed by atoms with Gasteiger partial charge >= 0.3 is 5.97 Å². The quantitative estimate of drug-likeness (QED) is 0.585. The topological polar surface area (TPSA) is 96.3 Å². The number of esters is 1. The molecule has 0 aromatic heterocycles. The molecular weight excluding hydrogens is 368 g/mol. The molecule has 0 saturated heterocycles. The van der Waals surface area contributed by atoms with Crippen molar-refractivity contribution in [3.05, 3.63) is 65.2 Å². The predicted molar refractivity (Wildman–Crippen MR) is 110 cm³/mol. The molecule has 0 radical (unpaired) electrons. The Bertz CT molecular complexity index is 933. The van der Waals surface area contributed by atoms with Gasteiger partial charge in [-0.05, 0) is 42.2 Å². The summed E-state index contributed by atoms with van der Waals surface area (Å²) in [6.07, 6.45) is -1.18. The monoisotopic (exact) mass is 392 g/mol. The molecule has 6 heteroatoms. The highest BCUT2D eigenvalue weighted by Gasteiger charge is 2.21. The number of rotatable bonds is 6. The molecule has 2 rings (SSSR count). The van der Waals surface area contributed by atoms with Crippen LogP contribution in [0.2, 0.25) is 0 Å². The molecule has 0 bridgehead atoms. The van der Waals surface area contributed by atoms with Crippen molar-refractivity contribution < 1.29 is 19.1 Å². The minimum atomic E-state index is -0.932. The lowest BCUT2D eigenvalue weighted by Gasteiger charge is -2.19. The summed E-state index contributed by atoms with van der Waals surface area (Å²) in [5.74, 6) is -1.34. The number of benzene rings is 2. The van der Waals surface area contributed by atoms with Crippen LogP contribution < -0.4 is 5.32 Å². The van der Waals surface area contributed by atoms with E-state index in [2.05, 4.69) is 26.1 Å². The SMILES string of the molecule is C[C@H](OC(=O)c1ccc(NC(=O)CC#N)cc1)C(=O)c1ccc(C(C)(C)C)cc1. The van der Waals surface area contributed by atoms with E-state index in [-0.39, 0.29) is 23.2 Å². The number of ether oxygens (including phenoxy) is 1. The van der Waals surface area contributed by atoms with Gasteiger partial charge in [-0.2, -0.15) is 5.26 Å². The minimum absolute atomic E-state index is 0.0140. The van der Waals surface area contributed by atoms with Gasteiger partial charge in [0.2, 0.25) is 11.7 Å². The first-order chi connectivity index (χ1) is 13.6. The van der Waals surface area contributed by atoms with Gasteiger partial charge in [0.15, 0.2) is 6.10 Å². The number of Topliss-reactive ketones (excluding diaryl/α,β-unsaturated/α-hetero) is 1. The molecule has 1 N–H and O–H groups in total. The van der Waals surface area contributed by atoms with Gasteiger partial charge in [0.1, 0.15) is 6.42 Å². The van der Waals surface area contributed by atoms with Crippen LogP contribution >= 0.6 is 0 Å². The molecule has 0 saturated carbocycles. The number of amides is 1. The highest BCUT2D eigenvalue weighted by Crippen LogP contribution is 2.23. The summed E-state index contributed by atoms with van der Waals surface area (Å²) in [6.45, 7) is 7.81. The Kier molecular flexibility index (Phi) is 6.89. The van der Waals surface area contributed by atoms with Crippen molar-refractivity contribution in [3.8, 4) is 6.07 Å². The van der Waals surface area contributed by atoms with Crippen molar-refractivity contribution in [2.24, 2.45) is 0 Å². The zero-order valence-electron chi connectivity index (χ0n) is 17.0. The summed E-state index contributed by atoms with van der Waals surface area (Å²) < 4.78 is 5.29. The fourth-order valence-corrected chi connectivity index (χ4v) is 2.62. The second kappa shape index (κ2) is 9.16. The molecule has 0 fully saturated rings. The number of anilines is 1. The van der Waals surface area contributed by atoms with E-state index in [9.17, 15) is 14.4 Å². The summed E-state index contributed by atoms with van der Waals surface area (Å²) in [6, 6.07) is 15.1. The number of ketones is 1. The fraction of sp³-hybridized carbons (Fsp3) is 0.304. The molecule has 2 aromatic carbocycles. The summed E-state index contributed by atoms with van der Waals surface area (Å²) in [5.41, 5.74) is 2.30. The Morgan fingerprint density at radius 1 is 1.00 bits per heavy atom. The van der Waals surface area contributed by atoms with E-state index in [4.69, 9.17) is 10.00 Å². The fourth-order valence-electron chi connectivity index (χ4n) is 2.62. The van der Waals surface area contributed by atoms with Crippen LogP contribution in [0, 0.1) is 11.3 Å². The number of carbonyl (C=O) groups is 3. The minimum Gasteiger partial charge on any atom is -0.451 e. The lowest BCUT2D eigenvalue weighted by molar-refractivity contribution is -0.115. The lowest BCUT2D eigenvalue weighted by atomic mass is 9.86. The third-order valence-corrected chi connectivity index (χ3v) is 4.33. The molecular formula is C23H24N2O4. The molecule has 1 atom stereocenters. The van der Waals surface area contributed by atoms with Crippen LogP contribution in [0.1, 0.15) is 60.4 Å². The van der Waals surface area contributed by atoms with E-state index in [0.29, 0.717) is 11.3 Å². The molecule has 1 amide bonds. The van der Waals surface area contributed by atoms with Crippen molar-refractivity contribution in [2.45, 2.75) is 45.6 Å². The van der Waals surface area contributed by atoms with Crippen molar-refractivity contribution in [1.82, 2.24) is 0 Å². The van der Waals surface area contributed by atoms with Crippen LogP contribution in [0.15, 0.2) is 48.5 Å². The first kappa shape index (κ1) is 21.8. The first-order valence-electron chi connectivity index (χ1n) is 9.24. The van der Waals surface area contributed by atoms with Gasteiger partial charge in [0.25, 0.3) is 0 Å². The Morgan fingerprint density at radius 3 is 2.07 bits per heavy atom. The van der Waals surface area contributed by atoms with E-state index in [1.807, 2.05) is 12.1 Å². The summed E-state index contributed by atoms with van der Waals surface area (Å²) in [4.78, 5) is 36.3. The molecule has 0 aliphatic rings. The van der Waals surface area contributed by atoms with Crippen LogP contribution in [-0.2, 0) is 14.9 Å². The lowest BCUT2D eigenvalue weighted by Crippen LogP contribution is -2.24. The summed E-state index contributed by atoms with van der Waals surface area (Å²) in [7, 11) is 0. The first-order valence-corrected chi connectivity index (χ1v) is 9.24. The molecule has 0 aliphatic heterocycles. The third kappa shape index (κ3) is 6.01. The highest BCUT2D eigenvalue weighted by atomic mass is 16.5. The molecule has 150 valence electrons. The molecule has 2 aromatic rings. The number of nitriles is 1. The van der Waals surface area contributed by atoms with Gasteiger partial charge in [0.05, 0.1) is 11.6 Å². The number of hydrogen-bond donors (Lipinski definition) is 1. The van der Waals surface area contributed by atoms with Crippen LogP contribution in [0.4, 0.5) is 5.69 Å². The highest BCUT2D eigenvalue weighted by molar-refractivity contribution is 6.01. The smallest absolute Gasteiger partial charge is 0.338 e. The maximum absolute atomic E-state index is 12.6. The average Bonchev–Trinajstić information content (AvgIpc) is 2.67. The van der Waals surface area contributed by atoms with Crippen LogP contribution in [0.3, 0.4) is 0 Å². The Morgan fingerprint density at radius 2 is 1.55 bits per heavy atom. The Hall–Kier alpha value is -3.46. The van der Waals surface area contributed by atoms with Gasteiger partial charge in [0, 0.05) is 11.3 Å². The van der Waals surface area contributed by atoms with E-state index in [1.165, 1.54) is 31.2 Å². The molecule has 0 spiro atoms. The standard InChI is InChI=1S/C23H24N2O4/c1-15(21(27)16-5-9-18(10-6-16)23(2,3)4)29-22(28)17-7-11-19(12-8-17)25-20(26)13-14-24/h5-12,15H,13H2,1-4H3,(H,25,26)/t15-/m0/s1. The maximum atomic E-state index is 12.6. The molecule has 0 heterocycles. The van der Waals surface area contributed by atoms with Gasteiger partial charge in [-0.3, -0.25) is 9.59 Å². The van der Waals surface area contributed by atoms with Crippen molar-refractivity contribution in [1.29, 1.82) is 5.26 Å². The second-order valence-corrected chi connectivity index (χ2v) is 7.70. The number of carbonyl (C=O) groups excluding carboxylic acids is 3. The van der Waals surface area contributed by atoms with Crippen molar-refractivity contribution in [2.75, 3.05) is 5.32 Å². The number of hydrogen-bond acceptors (Lipinski definition) is 5. The molecule has 0 unspecified atom stereocenters. The van der Waals surface area contributed by atoms with Gasteiger partial charge in [-0.25, -0.2) is 4.79 Å². The van der Waals surface area contributed by atoms with E-state index >= 15 is 0 Å². The van der Waals surface area contributed by atoms with Gasteiger partial charge in [-0.1, -0.05) is 45.0 Å². The van der Waals surface area contributed by atoms with Crippen LogP contribution in [0.25, 0.3) is 0 Å². The largest absolute Gasteiger partial charge is 0.451 e. The van der Waals surface area contributed by atoms with Gasteiger partial charge < -0.3 is 10.1 Å². The third-order valence-electron chi connectivity index (χ3n) is 4.33. The number of nitrogens with one attached hydrogen (secondary N) is 1. The van der Waals surface area contributed by atoms with Gasteiger partial charge in [-0.15, -0.1) is 0 Å². The Balaban J connectivity index is 2.00. The summed E-state index contributed by atoms with van der Waals surface area (Å²) in [5, 5.41) is 11.0. The number of nitrogens with zero attached hydrogens (tertiary/aromatic N) is 1. The second-order valence-electron chi connectivity index (χ2n) is 7.70. The van der Waals surface area contributed by atoms with Crippen molar-refractivity contribution >= 4 is 23.3 Å². The van der Waals surface area contributed by atoms with E-state index in [0.717, 1.165) is 5.56 Å². The molecule has 6 nitrogen and oxygen atoms in total. The normalized spacial score (nSPS) is 11.8. The Labute approximate surface area is 170 Å². The maximum Gasteiger partial charge on any atom is 0.338 e. The molecule has 0 aliphatic carbocycles. The average molecular weight is 392 g/mol. The van der Waals surface area contributed by atoms with Crippen molar-refractivity contribution in [3.63, 3.8) is 0 Å². The predicted octanol–water partition coefficient (Wildman–Crippen LogP) is 4.26. The zero-order chi connectivity index (χ0) is 21.6. The van der Waals surface area contributed by atoms with Crippen LogP contribution in [-0.4, -0.2) is 23.8 Å². The van der Waals surface area contributed by atoms with Crippen LogP contribution in [0.5, 0.6) is 0 Å². The van der Waals surface area contributed by atoms with E-state index < -0.39 is 18.0 Å². The zero-order valence-corrected chi connectivity index (χ0v) is 17.0. The summed E-state index contributed by atoms with van der Waals surface area (Å²) >= 11 is 0. The molecule has 29 heavy (non-hydrogen) atoms. The van der Waals surface area contributed by atoms with E-state index in [1.54, 1.807) is 18.2 Å².